The standard InChI is InChI=1S/C26H20ClF2N3/c1-18(28)16-20(19-8-3-2-4-9-19)10-5-6-14-32-15-13-23-24(17-32)31-26(30-23)21-11-7-12-22(27)25(21)29/h2-5,7-13,15-17H,1,6,14H2/b10-5-,20-16+. The van der Waals surface area contributed by atoms with Crippen LogP contribution in [-0.4, -0.2) is 14.5 Å². The van der Waals surface area contributed by atoms with Gasteiger partial charge in [-0.15, -0.1) is 0 Å². The van der Waals surface area contributed by atoms with Crippen LogP contribution in [0, 0.1) is 5.82 Å². The van der Waals surface area contributed by atoms with E-state index in [1.165, 1.54) is 12.1 Å². The van der Waals surface area contributed by atoms with Crippen LogP contribution < -0.4 is 0 Å². The third-order valence-corrected chi connectivity index (χ3v) is 5.18. The zero-order valence-electron chi connectivity index (χ0n) is 17.2. The fourth-order valence-electron chi connectivity index (χ4n) is 3.35. The van der Waals surface area contributed by atoms with Crippen molar-refractivity contribution >= 4 is 17.2 Å². The van der Waals surface area contributed by atoms with E-state index in [2.05, 4.69) is 16.5 Å². The van der Waals surface area contributed by atoms with Crippen molar-refractivity contribution in [2.24, 2.45) is 0 Å². The molecular formula is C26H20ClF2N3. The molecule has 0 bridgehead atoms. The van der Waals surface area contributed by atoms with Crippen molar-refractivity contribution in [1.82, 2.24) is 14.5 Å². The van der Waals surface area contributed by atoms with E-state index in [-0.39, 0.29) is 10.6 Å². The lowest BCUT2D eigenvalue weighted by Gasteiger charge is -2.06. The largest absolute Gasteiger partial charge is 0.352 e. The first-order valence-electron chi connectivity index (χ1n) is 10.1. The van der Waals surface area contributed by atoms with Crippen LogP contribution in [0.15, 0.2) is 97.6 Å². The van der Waals surface area contributed by atoms with Gasteiger partial charge in [0.1, 0.15) is 11.5 Å². The number of pyridine rings is 1. The van der Waals surface area contributed by atoms with Crippen molar-refractivity contribution in [3.05, 3.63) is 114 Å². The topological polar surface area (TPSA) is 30.7 Å². The Morgan fingerprint density at radius 3 is 2.59 bits per heavy atom. The molecule has 0 aromatic heterocycles. The van der Waals surface area contributed by atoms with Crippen LogP contribution in [0.2, 0.25) is 5.02 Å². The van der Waals surface area contributed by atoms with Crippen molar-refractivity contribution in [2.45, 2.75) is 13.0 Å². The molecule has 2 aromatic carbocycles. The highest BCUT2D eigenvalue weighted by Crippen LogP contribution is 2.29. The number of aromatic nitrogens is 3. The number of imidazole rings is 1. The predicted molar refractivity (Wildman–Crippen MR) is 125 cm³/mol. The summed E-state index contributed by atoms with van der Waals surface area (Å²) in [5, 5.41) is 0.0402. The Balaban J connectivity index is 1.48. The SMILES string of the molecule is C=C(F)/C=C(\C=C/CCn1ccc2nc(-c3cccc(Cl)c3F)nc-2c1)c1ccccc1. The monoisotopic (exact) mass is 447 g/mol. The summed E-state index contributed by atoms with van der Waals surface area (Å²) in [5.41, 5.74) is 3.31. The molecule has 0 unspecified atom stereocenters. The van der Waals surface area contributed by atoms with Gasteiger partial charge in [0.2, 0.25) is 0 Å². The molecule has 2 aliphatic heterocycles. The first-order valence-corrected chi connectivity index (χ1v) is 10.4. The second kappa shape index (κ2) is 9.71. The number of hydrogen-bond donors (Lipinski definition) is 0. The van der Waals surface area contributed by atoms with Crippen molar-refractivity contribution in [3.63, 3.8) is 0 Å². The average Bonchev–Trinajstić information content (AvgIpc) is 3.21. The number of aryl methyl sites for hydroxylation is 1. The number of nitrogens with zero attached hydrogens (tertiary/aromatic N) is 3. The van der Waals surface area contributed by atoms with Gasteiger partial charge in [-0.3, -0.25) is 0 Å². The summed E-state index contributed by atoms with van der Waals surface area (Å²) in [5.74, 6) is -0.711. The zero-order chi connectivity index (χ0) is 22.5. The smallest absolute Gasteiger partial charge is 0.163 e. The van der Waals surface area contributed by atoms with Crippen molar-refractivity contribution in [3.8, 4) is 22.8 Å². The van der Waals surface area contributed by atoms with E-state index in [9.17, 15) is 8.78 Å². The van der Waals surface area contributed by atoms with E-state index < -0.39 is 11.6 Å². The van der Waals surface area contributed by atoms with Crippen LogP contribution in [-0.2, 0) is 6.54 Å². The molecule has 0 radical (unpaired) electrons. The quantitative estimate of drug-likeness (QED) is 0.277. The van der Waals surface area contributed by atoms with Gasteiger partial charge in [0.15, 0.2) is 11.6 Å². The normalized spacial score (nSPS) is 12.0. The summed E-state index contributed by atoms with van der Waals surface area (Å²) in [7, 11) is 0. The summed E-state index contributed by atoms with van der Waals surface area (Å²) in [6.07, 6.45) is 9.80. The van der Waals surface area contributed by atoms with Gasteiger partial charge in [0.25, 0.3) is 0 Å². The van der Waals surface area contributed by atoms with E-state index in [0.717, 1.165) is 17.6 Å². The fraction of sp³-hybridized carbons (Fsp3) is 0.0769. The lowest BCUT2D eigenvalue weighted by molar-refractivity contribution is 0.630. The Labute approximate surface area is 190 Å². The predicted octanol–water partition coefficient (Wildman–Crippen LogP) is 7.36. The van der Waals surface area contributed by atoms with Crippen molar-refractivity contribution in [1.29, 1.82) is 0 Å². The van der Waals surface area contributed by atoms with Crippen LogP contribution in [0.25, 0.3) is 28.3 Å². The average molecular weight is 448 g/mol. The minimum atomic E-state index is -0.527. The van der Waals surface area contributed by atoms with Gasteiger partial charge in [-0.1, -0.05) is 66.7 Å². The van der Waals surface area contributed by atoms with E-state index >= 15 is 0 Å². The molecular weight excluding hydrogens is 428 g/mol. The summed E-state index contributed by atoms with van der Waals surface area (Å²) < 4.78 is 29.7. The maximum atomic E-state index is 14.3. The Hall–Kier alpha value is -3.57. The van der Waals surface area contributed by atoms with Crippen LogP contribution in [0.4, 0.5) is 8.78 Å². The Bertz CT molecular complexity index is 1280. The van der Waals surface area contributed by atoms with Gasteiger partial charge in [-0.2, -0.15) is 0 Å². The molecule has 3 nitrogen and oxygen atoms in total. The third kappa shape index (κ3) is 5.01. The number of benzene rings is 2. The van der Waals surface area contributed by atoms with E-state index in [1.807, 2.05) is 65.5 Å². The first kappa shape index (κ1) is 21.7. The molecule has 0 aliphatic carbocycles. The molecule has 32 heavy (non-hydrogen) atoms. The van der Waals surface area contributed by atoms with Crippen LogP contribution in [0.3, 0.4) is 0 Å². The first-order chi connectivity index (χ1) is 15.5. The third-order valence-electron chi connectivity index (χ3n) is 4.89. The lowest BCUT2D eigenvalue weighted by Crippen LogP contribution is -1.98. The van der Waals surface area contributed by atoms with Crippen molar-refractivity contribution < 1.29 is 8.78 Å². The molecule has 4 rings (SSSR count). The molecule has 0 N–H and O–H groups in total. The maximum Gasteiger partial charge on any atom is 0.163 e. The number of rotatable bonds is 7. The number of fused-ring (bicyclic) bond motifs is 1. The highest BCUT2D eigenvalue weighted by atomic mass is 35.5. The summed E-state index contributed by atoms with van der Waals surface area (Å²) in [6.45, 7) is 4.03. The molecule has 0 saturated carbocycles. The molecule has 0 spiro atoms. The molecule has 0 fully saturated rings. The molecule has 0 saturated heterocycles. The van der Waals surface area contributed by atoms with Gasteiger partial charge in [-0.05, 0) is 41.8 Å². The Morgan fingerprint density at radius 2 is 1.81 bits per heavy atom. The second-order valence-electron chi connectivity index (χ2n) is 7.21. The highest BCUT2D eigenvalue weighted by Gasteiger charge is 2.16. The molecule has 160 valence electrons. The van der Waals surface area contributed by atoms with Gasteiger partial charge < -0.3 is 4.57 Å². The molecule has 0 atom stereocenters. The molecule has 0 amide bonds. The van der Waals surface area contributed by atoms with E-state index in [4.69, 9.17) is 11.6 Å². The van der Waals surface area contributed by atoms with E-state index in [1.54, 1.807) is 12.1 Å². The Morgan fingerprint density at radius 1 is 1.03 bits per heavy atom. The number of allylic oxidation sites excluding steroid dienone is 5. The summed E-state index contributed by atoms with van der Waals surface area (Å²) in [6, 6.07) is 16.2. The van der Waals surface area contributed by atoms with Crippen LogP contribution >= 0.6 is 11.6 Å². The fourth-order valence-corrected chi connectivity index (χ4v) is 3.52. The van der Waals surface area contributed by atoms with Gasteiger partial charge >= 0.3 is 0 Å². The molecule has 6 heteroatoms. The molecule has 2 aliphatic rings. The second-order valence-corrected chi connectivity index (χ2v) is 7.61. The molecule has 2 heterocycles. The number of halogens is 3. The van der Waals surface area contributed by atoms with E-state index in [0.29, 0.717) is 23.8 Å². The minimum absolute atomic E-state index is 0.0402. The maximum absolute atomic E-state index is 14.3. The minimum Gasteiger partial charge on any atom is -0.352 e. The molecule has 2 aromatic rings. The zero-order valence-corrected chi connectivity index (χ0v) is 17.9. The lowest BCUT2D eigenvalue weighted by atomic mass is 10.0. The number of hydrogen-bond acceptors (Lipinski definition) is 2. The highest BCUT2D eigenvalue weighted by molar-refractivity contribution is 6.31. The van der Waals surface area contributed by atoms with Gasteiger partial charge in [0, 0.05) is 18.9 Å². The van der Waals surface area contributed by atoms with Crippen LogP contribution in [0.5, 0.6) is 0 Å². The summed E-state index contributed by atoms with van der Waals surface area (Å²) in [4.78, 5) is 8.88. The Kier molecular flexibility index (Phi) is 6.57. The van der Waals surface area contributed by atoms with Crippen molar-refractivity contribution in [2.75, 3.05) is 0 Å². The van der Waals surface area contributed by atoms with Crippen LogP contribution in [0.1, 0.15) is 12.0 Å². The van der Waals surface area contributed by atoms with Gasteiger partial charge in [-0.25, -0.2) is 18.7 Å². The van der Waals surface area contributed by atoms with Gasteiger partial charge in [0.05, 0.1) is 16.3 Å². The summed E-state index contributed by atoms with van der Waals surface area (Å²) >= 11 is 5.88.